The Morgan fingerprint density at radius 2 is 1.55 bits per heavy atom. The van der Waals surface area contributed by atoms with E-state index in [2.05, 4.69) is 71.6 Å². The van der Waals surface area contributed by atoms with Crippen LogP contribution in [0, 0.1) is 5.92 Å². The maximum absolute atomic E-state index is 11.2. The van der Waals surface area contributed by atoms with Crippen molar-refractivity contribution in [1.82, 2.24) is 4.90 Å². The summed E-state index contributed by atoms with van der Waals surface area (Å²) in [6, 6.07) is 23.9. The van der Waals surface area contributed by atoms with Gasteiger partial charge in [0.1, 0.15) is 5.75 Å². The molecule has 0 spiro atoms. The summed E-state index contributed by atoms with van der Waals surface area (Å²) in [6.45, 7) is 2.59. The molecule has 1 aliphatic carbocycles. The van der Waals surface area contributed by atoms with Crippen molar-refractivity contribution in [2.75, 3.05) is 13.1 Å². The molecule has 0 aromatic heterocycles. The van der Waals surface area contributed by atoms with Crippen LogP contribution in [0.4, 0.5) is 0 Å². The second-order valence-electron chi connectivity index (χ2n) is 9.73. The van der Waals surface area contributed by atoms with Gasteiger partial charge in [0.15, 0.2) is 0 Å². The predicted molar refractivity (Wildman–Crippen MR) is 132 cm³/mol. The van der Waals surface area contributed by atoms with Crippen LogP contribution < -0.4 is 4.74 Å². The molecule has 5 rings (SSSR count). The van der Waals surface area contributed by atoms with Crippen molar-refractivity contribution in [3.8, 4) is 5.75 Å². The van der Waals surface area contributed by atoms with Crippen molar-refractivity contribution in [3.63, 3.8) is 0 Å². The van der Waals surface area contributed by atoms with E-state index in [1.54, 1.807) is 0 Å². The highest BCUT2D eigenvalue weighted by Gasteiger charge is 2.25. The highest BCUT2D eigenvalue weighted by Crippen LogP contribution is 2.35. The van der Waals surface area contributed by atoms with Crippen LogP contribution in [0.1, 0.15) is 55.6 Å². The summed E-state index contributed by atoms with van der Waals surface area (Å²) >= 11 is 0. The molecule has 3 aromatic rings. The topological polar surface area (TPSA) is 49.8 Å². The zero-order valence-electron chi connectivity index (χ0n) is 19.2. The Labute approximate surface area is 196 Å². The van der Waals surface area contributed by atoms with E-state index in [0.29, 0.717) is 12.0 Å². The average Bonchev–Trinajstić information content (AvgIpc) is 2.85. The first kappa shape index (κ1) is 22.0. The van der Waals surface area contributed by atoms with Gasteiger partial charge in [-0.25, -0.2) is 0 Å². The first-order valence-corrected chi connectivity index (χ1v) is 12.3. The standard InChI is InChI=1S/C29H33NO3/c31-29(32)24-14-16-30(17-15-24)20-21-6-7-26-19-28(13-10-25(26)18-21)33-27-11-8-23(9-12-27)22-4-2-1-3-5-22/h1-7,10,13,18-19,23-24,27H,8-9,11-12,14-17,20H2,(H,31,32). The fourth-order valence-corrected chi connectivity index (χ4v) is 5.47. The number of aliphatic carboxylic acids is 1. The van der Waals surface area contributed by atoms with E-state index in [4.69, 9.17) is 4.74 Å². The minimum atomic E-state index is -0.650. The quantitative estimate of drug-likeness (QED) is 0.490. The largest absolute Gasteiger partial charge is 0.490 e. The van der Waals surface area contributed by atoms with E-state index in [0.717, 1.165) is 51.1 Å². The molecule has 3 aromatic carbocycles. The molecule has 33 heavy (non-hydrogen) atoms. The van der Waals surface area contributed by atoms with Crippen molar-refractivity contribution in [2.24, 2.45) is 5.92 Å². The molecule has 4 nitrogen and oxygen atoms in total. The normalized spacial score (nSPS) is 22.3. The van der Waals surface area contributed by atoms with Gasteiger partial charge in [-0.3, -0.25) is 9.69 Å². The van der Waals surface area contributed by atoms with Crippen molar-refractivity contribution in [3.05, 3.63) is 77.9 Å². The Morgan fingerprint density at radius 1 is 0.848 bits per heavy atom. The lowest BCUT2D eigenvalue weighted by Gasteiger charge is -2.30. The minimum Gasteiger partial charge on any atom is -0.490 e. The summed E-state index contributed by atoms with van der Waals surface area (Å²) in [7, 11) is 0. The Balaban J connectivity index is 1.16. The molecule has 4 heteroatoms. The maximum atomic E-state index is 11.2. The van der Waals surface area contributed by atoms with Crippen LogP contribution in [0.3, 0.4) is 0 Å². The molecule has 1 saturated heterocycles. The van der Waals surface area contributed by atoms with E-state index in [9.17, 15) is 9.90 Å². The number of fused-ring (bicyclic) bond motifs is 1. The van der Waals surface area contributed by atoms with E-state index in [-0.39, 0.29) is 5.92 Å². The van der Waals surface area contributed by atoms with Gasteiger partial charge in [-0.1, -0.05) is 48.5 Å². The third-order valence-electron chi connectivity index (χ3n) is 7.47. The smallest absolute Gasteiger partial charge is 0.306 e. The SMILES string of the molecule is O=C(O)C1CCN(Cc2ccc3cc(OC4CCC(c5ccccc5)CC4)ccc3c2)CC1. The van der Waals surface area contributed by atoms with Crippen LogP contribution >= 0.6 is 0 Å². The molecule has 172 valence electrons. The lowest BCUT2D eigenvalue weighted by Crippen LogP contribution is -2.35. The Morgan fingerprint density at radius 3 is 2.27 bits per heavy atom. The Kier molecular flexibility index (Phi) is 6.63. The zero-order valence-corrected chi connectivity index (χ0v) is 19.2. The fourth-order valence-electron chi connectivity index (χ4n) is 5.47. The number of hydrogen-bond acceptors (Lipinski definition) is 3. The fraction of sp³-hybridized carbons (Fsp3) is 0.414. The summed E-state index contributed by atoms with van der Waals surface area (Å²) in [5.74, 6) is 0.803. The van der Waals surface area contributed by atoms with Crippen LogP contribution in [-0.2, 0) is 11.3 Å². The molecular formula is C29H33NO3. The van der Waals surface area contributed by atoms with Crippen LogP contribution in [-0.4, -0.2) is 35.2 Å². The Hall–Kier alpha value is -2.85. The maximum Gasteiger partial charge on any atom is 0.306 e. The van der Waals surface area contributed by atoms with E-state index in [1.807, 2.05) is 0 Å². The molecular weight excluding hydrogens is 410 g/mol. The van der Waals surface area contributed by atoms with E-state index >= 15 is 0 Å². The van der Waals surface area contributed by atoms with Crippen LogP contribution in [0.15, 0.2) is 66.7 Å². The molecule has 2 fully saturated rings. The van der Waals surface area contributed by atoms with Crippen molar-refractivity contribution >= 4 is 16.7 Å². The van der Waals surface area contributed by atoms with Gasteiger partial charge in [-0.15, -0.1) is 0 Å². The molecule has 0 bridgehead atoms. The van der Waals surface area contributed by atoms with Crippen LogP contribution in [0.2, 0.25) is 0 Å². The van der Waals surface area contributed by atoms with Gasteiger partial charge in [0.05, 0.1) is 12.0 Å². The monoisotopic (exact) mass is 443 g/mol. The lowest BCUT2D eigenvalue weighted by molar-refractivity contribution is -0.143. The van der Waals surface area contributed by atoms with E-state index < -0.39 is 5.97 Å². The highest BCUT2D eigenvalue weighted by atomic mass is 16.5. The van der Waals surface area contributed by atoms with Crippen molar-refractivity contribution in [1.29, 1.82) is 0 Å². The summed E-state index contributed by atoms with van der Waals surface area (Å²) in [4.78, 5) is 13.5. The van der Waals surface area contributed by atoms with E-state index in [1.165, 1.54) is 34.7 Å². The first-order chi connectivity index (χ1) is 16.1. The molecule has 1 saturated carbocycles. The van der Waals surface area contributed by atoms with Crippen LogP contribution in [0.5, 0.6) is 5.75 Å². The highest BCUT2D eigenvalue weighted by molar-refractivity contribution is 5.84. The summed E-state index contributed by atoms with van der Waals surface area (Å²) in [5, 5.41) is 11.6. The number of benzene rings is 3. The number of nitrogens with zero attached hydrogens (tertiary/aromatic N) is 1. The van der Waals surface area contributed by atoms with Gasteiger partial charge in [0, 0.05) is 6.54 Å². The van der Waals surface area contributed by atoms with Gasteiger partial charge in [-0.05, 0) is 97.6 Å². The Bertz CT molecular complexity index is 1080. The third kappa shape index (κ3) is 5.39. The molecule has 1 N–H and O–H groups in total. The summed E-state index contributed by atoms with van der Waals surface area (Å²) in [6.07, 6.45) is 6.39. The molecule has 1 heterocycles. The number of likely N-dealkylation sites (tertiary alicyclic amines) is 1. The third-order valence-corrected chi connectivity index (χ3v) is 7.47. The number of hydrogen-bond donors (Lipinski definition) is 1. The van der Waals surface area contributed by atoms with Gasteiger partial charge >= 0.3 is 5.97 Å². The second kappa shape index (κ2) is 9.96. The van der Waals surface area contributed by atoms with Gasteiger partial charge in [0.25, 0.3) is 0 Å². The average molecular weight is 444 g/mol. The second-order valence-corrected chi connectivity index (χ2v) is 9.73. The molecule has 2 aliphatic rings. The number of carbonyl (C=O) groups is 1. The van der Waals surface area contributed by atoms with Gasteiger partial charge in [-0.2, -0.15) is 0 Å². The number of rotatable bonds is 6. The first-order valence-electron chi connectivity index (χ1n) is 12.3. The number of piperidine rings is 1. The number of carboxylic acids is 1. The molecule has 0 amide bonds. The lowest BCUT2D eigenvalue weighted by atomic mass is 9.83. The molecule has 1 aliphatic heterocycles. The summed E-state index contributed by atoms with van der Waals surface area (Å²) in [5.41, 5.74) is 2.74. The van der Waals surface area contributed by atoms with Gasteiger partial charge in [0.2, 0.25) is 0 Å². The molecule has 0 radical (unpaired) electrons. The summed E-state index contributed by atoms with van der Waals surface area (Å²) < 4.78 is 6.37. The van der Waals surface area contributed by atoms with Crippen molar-refractivity contribution < 1.29 is 14.6 Å². The van der Waals surface area contributed by atoms with Crippen molar-refractivity contribution in [2.45, 2.75) is 57.1 Å². The number of ether oxygens (including phenoxy) is 1. The minimum absolute atomic E-state index is 0.176. The van der Waals surface area contributed by atoms with Crippen LogP contribution in [0.25, 0.3) is 10.8 Å². The number of carboxylic acid groups (broad SMARTS) is 1. The molecule has 0 atom stereocenters. The van der Waals surface area contributed by atoms with Gasteiger partial charge < -0.3 is 9.84 Å². The zero-order chi connectivity index (χ0) is 22.6. The molecule has 0 unspecified atom stereocenters. The predicted octanol–water partition coefficient (Wildman–Crippen LogP) is 6.24.